The summed E-state index contributed by atoms with van der Waals surface area (Å²) in [6.07, 6.45) is 4.39. The van der Waals surface area contributed by atoms with Gasteiger partial charge in [0.25, 0.3) is 0 Å². The second-order valence-electron chi connectivity index (χ2n) is 4.26. The number of hydrogen-bond acceptors (Lipinski definition) is 3. The summed E-state index contributed by atoms with van der Waals surface area (Å²) in [4.78, 5) is 16.0. The summed E-state index contributed by atoms with van der Waals surface area (Å²) in [5, 5.41) is 4.06. The summed E-state index contributed by atoms with van der Waals surface area (Å²) in [5.74, 6) is 1.94. The maximum Gasteiger partial charge on any atom is 0.143 e. The van der Waals surface area contributed by atoms with Crippen LogP contribution in [0.3, 0.4) is 0 Å². The van der Waals surface area contributed by atoms with E-state index in [1.54, 1.807) is 4.68 Å². The van der Waals surface area contributed by atoms with Crippen molar-refractivity contribution >= 4 is 5.78 Å². The Bertz CT molecular complexity index is 354. The number of Topliss-reactive ketones (excluding diaryl/α,β-unsaturated/α-hetero) is 1. The molecule has 1 heterocycles. The Morgan fingerprint density at radius 1 is 1.67 bits per heavy atom. The van der Waals surface area contributed by atoms with Gasteiger partial charge in [0.1, 0.15) is 17.9 Å². The van der Waals surface area contributed by atoms with Crippen molar-refractivity contribution in [3.05, 3.63) is 12.2 Å². The molecule has 0 spiro atoms. The molecule has 0 aliphatic heterocycles. The van der Waals surface area contributed by atoms with Crippen LogP contribution < -0.4 is 0 Å². The van der Waals surface area contributed by atoms with Crippen LogP contribution in [-0.2, 0) is 17.8 Å². The van der Waals surface area contributed by atoms with Crippen LogP contribution in [0.5, 0.6) is 0 Å². The highest BCUT2D eigenvalue weighted by Gasteiger charge is 2.32. The largest absolute Gasteiger partial charge is 0.299 e. The monoisotopic (exact) mass is 207 g/mol. The zero-order valence-corrected chi connectivity index (χ0v) is 9.31. The summed E-state index contributed by atoms with van der Waals surface area (Å²) < 4.78 is 1.79. The summed E-state index contributed by atoms with van der Waals surface area (Å²) >= 11 is 0. The molecule has 1 fully saturated rings. The molecule has 0 aromatic carbocycles. The van der Waals surface area contributed by atoms with Crippen LogP contribution >= 0.6 is 0 Å². The molecule has 15 heavy (non-hydrogen) atoms. The van der Waals surface area contributed by atoms with Crippen LogP contribution in [0.15, 0.2) is 6.33 Å². The van der Waals surface area contributed by atoms with Crippen LogP contribution in [0.2, 0.25) is 0 Å². The van der Waals surface area contributed by atoms with E-state index >= 15 is 0 Å². The third kappa shape index (κ3) is 2.25. The average Bonchev–Trinajstić information content (AvgIpc) is 2.99. The number of nitrogens with zero attached hydrogens (tertiary/aromatic N) is 3. The van der Waals surface area contributed by atoms with Gasteiger partial charge < -0.3 is 0 Å². The summed E-state index contributed by atoms with van der Waals surface area (Å²) in [6.45, 7) is 4.82. The van der Waals surface area contributed by atoms with Gasteiger partial charge in [0.2, 0.25) is 0 Å². The minimum Gasteiger partial charge on any atom is -0.299 e. The van der Waals surface area contributed by atoms with Crippen molar-refractivity contribution in [3.8, 4) is 0 Å². The minimum absolute atomic E-state index is 0.201. The number of aryl methyl sites for hydroxylation is 1. The highest BCUT2D eigenvalue weighted by Crippen LogP contribution is 2.37. The Balaban J connectivity index is 1.98. The smallest absolute Gasteiger partial charge is 0.143 e. The maximum absolute atomic E-state index is 11.9. The number of aromatic nitrogens is 3. The summed E-state index contributed by atoms with van der Waals surface area (Å²) in [5.41, 5.74) is 0. The first-order chi connectivity index (χ1) is 7.22. The molecule has 1 aromatic heterocycles. The van der Waals surface area contributed by atoms with E-state index in [0.29, 0.717) is 18.1 Å². The zero-order valence-electron chi connectivity index (χ0n) is 9.31. The first-order valence-corrected chi connectivity index (χ1v) is 5.61. The van der Waals surface area contributed by atoms with E-state index in [9.17, 15) is 4.79 Å². The number of hydrogen-bond donors (Lipinski definition) is 0. The summed E-state index contributed by atoms with van der Waals surface area (Å²) in [7, 11) is 0. The topological polar surface area (TPSA) is 47.8 Å². The molecule has 0 amide bonds. The third-order valence-electron chi connectivity index (χ3n) is 3.16. The Labute approximate surface area is 89.7 Å². The van der Waals surface area contributed by atoms with Crippen LogP contribution in [0.1, 0.15) is 32.5 Å². The summed E-state index contributed by atoms with van der Waals surface area (Å²) in [6, 6.07) is 0. The van der Waals surface area contributed by atoms with Gasteiger partial charge in [-0.15, -0.1) is 0 Å². The standard InChI is InChI=1S/C11H17N3O/c1-3-14-11(12-7-13-14)6-10(15)8(2)9-4-5-9/h7-9H,3-6H2,1-2H3. The van der Waals surface area contributed by atoms with Crippen molar-refractivity contribution < 1.29 is 4.79 Å². The van der Waals surface area contributed by atoms with Gasteiger partial charge in [-0.3, -0.25) is 4.79 Å². The van der Waals surface area contributed by atoms with Crippen molar-refractivity contribution in [2.24, 2.45) is 11.8 Å². The first-order valence-electron chi connectivity index (χ1n) is 5.61. The molecule has 1 aliphatic rings. The molecule has 4 heteroatoms. The highest BCUT2D eigenvalue weighted by atomic mass is 16.1. The number of ketones is 1. The predicted molar refractivity (Wildman–Crippen MR) is 56.3 cm³/mol. The Morgan fingerprint density at radius 2 is 2.40 bits per heavy atom. The van der Waals surface area contributed by atoms with E-state index in [-0.39, 0.29) is 5.92 Å². The van der Waals surface area contributed by atoms with Gasteiger partial charge in [0, 0.05) is 12.5 Å². The fourth-order valence-electron chi connectivity index (χ4n) is 1.87. The fraction of sp³-hybridized carbons (Fsp3) is 0.727. The van der Waals surface area contributed by atoms with Gasteiger partial charge in [-0.25, -0.2) is 9.67 Å². The molecule has 82 valence electrons. The van der Waals surface area contributed by atoms with Crippen molar-refractivity contribution in [2.75, 3.05) is 0 Å². The van der Waals surface area contributed by atoms with Crippen LogP contribution in [-0.4, -0.2) is 20.5 Å². The minimum atomic E-state index is 0.201. The van der Waals surface area contributed by atoms with E-state index in [1.165, 1.54) is 19.2 Å². The van der Waals surface area contributed by atoms with E-state index in [2.05, 4.69) is 10.1 Å². The van der Waals surface area contributed by atoms with Crippen LogP contribution in [0.4, 0.5) is 0 Å². The van der Waals surface area contributed by atoms with Crippen molar-refractivity contribution in [3.63, 3.8) is 0 Å². The predicted octanol–water partition coefficient (Wildman–Crippen LogP) is 1.46. The Kier molecular flexibility index (Phi) is 2.84. The lowest BCUT2D eigenvalue weighted by molar-refractivity contribution is -0.122. The average molecular weight is 207 g/mol. The van der Waals surface area contributed by atoms with E-state index in [4.69, 9.17) is 0 Å². The fourth-order valence-corrected chi connectivity index (χ4v) is 1.87. The molecule has 1 unspecified atom stereocenters. The van der Waals surface area contributed by atoms with Gasteiger partial charge in [0.05, 0.1) is 6.42 Å². The molecular weight excluding hydrogens is 190 g/mol. The van der Waals surface area contributed by atoms with Gasteiger partial charge >= 0.3 is 0 Å². The molecule has 1 aromatic rings. The Morgan fingerprint density at radius 3 is 3.00 bits per heavy atom. The van der Waals surface area contributed by atoms with Crippen LogP contribution in [0, 0.1) is 11.8 Å². The third-order valence-corrected chi connectivity index (χ3v) is 3.16. The second-order valence-corrected chi connectivity index (χ2v) is 4.26. The lowest BCUT2D eigenvalue weighted by atomic mass is 9.98. The van der Waals surface area contributed by atoms with E-state index < -0.39 is 0 Å². The molecule has 0 radical (unpaired) electrons. The molecule has 1 saturated carbocycles. The van der Waals surface area contributed by atoms with Crippen molar-refractivity contribution in [1.82, 2.24) is 14.8 Å². The van der Waals surface area contributed by atoms with Gasteiger partial charge in [0.15, 0.2) is 0 Å². The molecule has 0 bridgehead atoms. The zero-order chi connectivity index (χ0) is 10.8. The van der Waals surface area contributed by atoms with Gasteiger partial charge in [-0.05, 0) is 25.7 Å². The normalized spacial score (nSPS) is 17.7. The molecule has 0 N–H and O–H groups in total. The molecular formula is C11H17N3O. The second kappa shape index (κ2) is 4.13. The molecule has 4 nitrogen and oxygen atoms in total. The molecule has 2 rings (SSSR count). The van der Waals surface area contributed by atoms with Crippen molar-refractivity contribution in [2.45, 2.75) is 39.7 Å². The lowest BCUT2D eigenvalue weighted by Gasteiger charge is -2.08. The van der Waals surface area contributed by atoms with Crippen molar-refractivity contribution in [1.29, 1.82) is 0 Å². The number of carbonyl (C=O) groups excluding carboxylic acids is 1. The lowest BCUT2D eigenvalue weighted by Crippen LogP contribution is -2.18. The SMILES string of the molecule is CCn1ncnc1CC(=O)C(C)C1CC1. The maximum atomic E-state index is 11.9. The Hall–Kier alpha value is -1.19. The van der Waals surface area contributed by atoms with Crippen LogP contribution in [0.25, 0.3) is 0 Å². The highest BCUT2D eigenvalue weighted by molar-refractivity contribution is 5.82. The van der Waals surface area contributed by atoms with Gasteiger partial charge in [-0.1, -0.05) is 6.92 Å². The van der Waals surface area contributed by atoms with E-state index in [1.807, 2.05) is 13.8 Å². The first kappa shape index (κ1) is 10.3. The molecule has 0 saturated heterocycles. The molecule has 1 atom stereocenters. The molecule has 1 aliphatic carbocycles. The number of carbonyl (C=O) groups is 1. The van der Waals surface area contributed by atoms with E-state index in [0.717, 1.165) is 12.4 Å². The quantitative estimate of drug-likeness (QED) is 0.734. The number of rotatable bonds is 5. The van der Waals surface area contributed by atoms with Gasteiger partial charge in [-0.2, -0.15) is 5.10 Å².